The second-order valence-corrected chi connectivity index (χ2v) is 7.76. The molecule has 0 spiro atoms. The number of benzene rings is 2. The van der Waals surface area contributed by atoms with Crippen LogP contribution in [0.2, 0.25) is 0 Å². The predicted octanol–water partition coefficient (Wildman–Crippen LogP) is 2.80. The van der Waals surface area contributed by atoms with E-state index < -0.39 is 15.6 Å². The SMILES string of the molecule is O=S(=O)(NC1(c2ccc(F)cc2)CC1)c1cccc2nsnc12. The van der Waals surface area contributed by atoms with E-state index in [4.69, 9.17) is 0 Å². The molecule has 1 heterocycles. The molecule has 0 bridgehead atoms. The van der Waals surface area contributed by atoms with Gasteiger partial charge in [-0.1, -0.05) is 18.2 Å². The third-order valence-corrected chi connectivity index (χ3v) is 6.13. The van der Waals surface area contributed by atoms with Crippen molar-refractivity contribution in [3.05, 3.63) is 53.8 Å². The van der Waals surface area contributed by atoms with Crippen LogP contribution >= 0.6 is 11.7 Å². The van der Waals surface area contributed by atoms with Crippen LogP contribution < -0.4 is 4.72 Å². The fourth-order valence-electron chi connectivity index (χ4n) is 2.65. The summed E-state index contributed by atoms with van der Waals surface area (Å²) in [5, 5.41) is 0. The van der Waals surface area contributed by atoms with Gasteiger partial charge >= 0.3 is 0 Å². The first-order chi connectivity index (χ1) is 11.0. The van der Waals surface area contributed by atoms with Crippen molar-refractivity contribution >= 4 is 32.8 Å². The van der Waals surface area contributed by atoms with Gasteiger partial charge in [-0.3, -0.25) is 0 Å². The Balaban J connectivity index is 1.73. The van der Waals surface area contributed by atoms with Crippen LogP contribution in [0.4, 0.5) is 4.39 Å². The topological polar surface area (TPSA) is 72.0 Å². The summed E-state index contributed by atoms with van der Waals surface area (Å²) in [4.78, 5) is 0.122. The first kappa shape index (κ1) is 14.7. The summed E-state index contributed by atoms with van der Waals surface area (Å²) >= 11 is 0.981. The van der Waals surface area contributed by atoms with Gasteiger partial charge in [-0.2, -0.15) is 8.75 Å². The molecule has 0 aliphatic heterocycles. The van der Waals surface area contributed by atoms with Gasteiger partial charge in [0.05, 0.1) is 17.3 Å². The van der Waals surface area contributed by atoms with Crippen LogP contribution in [0.15, 0.2) is 47.4 Å². The summed E-state index contributed by atoms with van der Waals surface area (Å²) in [6.45, 7) is 0. The van der Waals surface area contributed by atoms with Crippen LogP contribution in [-0.2, 0) is 15.6 Å². The zero-order valence-electron chi connectivity index (χ0n) is 11.9. The second-order valence-electron chi connectivity index (χ2n) is 5.58. The van der Waals surface area contributed by atoms with E-state index >= 15 is 0 Å². The van der Waals surface area contributed by atoms with E-state index in [1.165, 1.54) is 18.2 Å². The number of fused-ring (bicyclic) bond motifs is 1. The Kier molecular flexibility index (Phi) is 3.22. The molecular weight excluding hydrogens is 337 g/mol. The monoisotopic (exact) mass is 349 g/mol. The minimum absolute atomic E-state index is 0.122. The number of aromatic nitrogens is 2. The Morgan fingerprint density at radius 2 is 1.83 bits per heavy atom. The maximum Gasteiger partial charge on any atom is 0.243 e. The molecule has 1 aromatic heterocycles. The van der Waals surface area contributed by atoms with Crippen molar-refractivity contribution < 1.29 is 12.8 Å². The molecule has 2 aromatic carbocycles. The third kappa shape index (κ3) is 2.52. The number of rotatable bonds is 4. The smallest absolute Gasteiger partial charge is 0.207 e. The lowest BCUT2D eigenvalue weighted by Gasteiger charge is -2.18. The number of nitrogens with one attached hydrogen (secondary N) is 1. The van der Waals surface area contributed by atoms with E-state index in [0.717, 1.165) is 17.3 Å². The van der Waals surface area contributed by atoms with Gasteiger partial charge in [0.2, 0.25) is 10.0 Å². The molecule has 1 saturated carbocycles. The van der Waals surface area contributed by atoms with Crippen LogP contribution in [0, 0.1) is 5.82 Å². The molecule has 0 atom stereocenters. The van der Waals surface area contributed by atoms with Gasteiger partial charge in [-0.25, -0.2) is 17.5 Å². The van der Waals surface area contributed by atoms with Crippen LogP contribution in [0.25, 0.3) is 11.0 Å². The molecule has 1 N–H and O–H groups in total. The van der Waals surface area contributed by atoms with Crippen LogP contribution in [-0.4, -0.2) is 17.2 Å². The molecule has 23 heavy (non-hydrogen) atoms. The van der Waals surface area contributed by atoms with Gasteiger partial charge in [0, 0.05) is 0 Å². The van der Waals surface area contributed by atoms with E-state index in [-0.39, 0.29) is 10.7 Å². The van der Waals surface area contributed by atoms with E-state index in [0.29, 0.717) is 23.9 Å². The quantitative estimate of drug-likeness (QED) is 0.786. The molecule has 5 nitrogen and oxygen atoms in total. The van der Waals surface area contributed by atoms with Crippen LogP contribution in [0.5, 0.6) is 0 Å². The van der Waals surface area contributed by atoms with Crippen molar-refractivity contribution in [3.63, 3.8) is 0 Å². The Hall–Kier alpha value is -1.90. The summed E-state index contributed by atoms with van der Waals surface area (Å²) in [5.74, 6) is -0.342. The van der Waals surface area contributed by atoms with E-state index in [1.807, 2.05) is 0 Å². The number of nitrogens with zero attached hydrogens (tertiary/aromatic N) is 2. The number of halogens is 1. The fourth-order valence-corrected chi connectivity index (χ4v) is 4.87. The van der Waals surface area contributed by atoms with Gasteiger partial charge in [0.15, 0.2) is 0 Å². The maximum absolute atomic E-state index is 13.1. The van der Waals surface area contributed by atoms with Crippen LogP contribution in [0.3, 0.4) is 0 Å². The minimum Gasteiger partial charge on any atom is -0.207 e. The zero-order chi connectivity index (χ0) is 16.1. The Morgan fingerprint density at radius 1 is 1.09 bits per heavy atom. The highest BCUT2D eigenvalue weighted by Gasteiger charge is 2.47. The van der Waals surface area contributed by atoms with Gasteiger partial charge < -0.3 is 0 Å². The average Bonchev–Trinajstić information content (AvgIpc) is 3.12. The van der Waals surface area contributed by atoms with E-state index in [1.54, 1.807) is 24.3 Å². The number of hydrogen-bond acceptors (Lipinski definition) is 5. The standard InChI is InChI=1S/C15H12FN3O2S2/c16-11-6-4-10(5-7-11)15(8-9-15)19-23(20,21)13-3-1-2-12-14(13)18-22-17-12/h1-7,19H,8-9H2. The van der Waals surface area contributed by atoms with E-state index in [2.05, 4.69) is 13.5 Å². The number of sulfonamides is 1. The summed E-state index contributed by atoms with van der Waals surface area (Å²) in [6.07, 6.45) is 1.37. The lowest BCUT2D eigenvalue weighted by Crippen LogP contribution is -2.35. The molecule has 0 amide bonds. The lowest BCUT2D eigenvalue weighted by atomic mass is 10.1. The molecule has 1 aliphatic carbocycles. The number of hydrogen-bond donors (Lipinski definition) is 1. The Bertz CT molecular complexity index is 979. The summed E-state index contributed by atoms with van der Waals surface area (Å²) in [7, 11) is -3.75. The van der Waals surface area contributed by atoms with Crippen molar-refractivity contribution in [2.45, 2.75) is 23.3 Å². The van der Waals surface area contributed by atoms with Gasteiger partial charge in [-0.15, -0.1) is 0 Å². The molecule has 1 aliphatic rings. The van der Waals surface area contributed by atoms with Gasteiger partial charge in [0.25, 0.3) is 0 Å². The van der Waals surface area contributed by atoms with Crippen molar-refractivity contribution in [1.82, 2.24) is 13.5 Å². The Morgan fingerprint density at radius 3 is 2.52 bits per heavy atom. The lowest BCUT2D eigenvalue weighted by molar-refractivity contribution is 0.551. The third-order valence-electron chi connectivity index (χ3n) is 4.02. The van der Waals surface area contributed by atoms with Crippen molar-refractivity contribution in [3.8, 4) is 0 Å². The minimum atomic E-state index is -3.75. The van der Waals surface area contributed by atoms with Crippen molar-refractivity contribution in [2.24, 2.45) is 0 Å². The molecule has 0 saturated heterocycles. The first-order valence-electron chi connectivity index (χ1n) is 7.02. The first-order valence-corrected chi connectivity index (χ1v) is 9.23. The second kappa shape index (κ2) is 5.05. The normalized spacial score (nSPS) is 16.6. The molecule has 0 unspecified atom stereocenters. The Labute approximate surface area is 136 Å². The largest absolute Gasteiger partial charge is 0.243 e. The summed E-state index contributed by atoms with van der Waals surface area (Å²) in [6, 6.07) is 10.8. The van der Waals surface area contributed by atoms with Crippen molar-refractivity contribution in [2.75, 3.05) is 0 Å². The van der Waals surface area contributed by atoms with Crippen molar-refractivity contribution in [1.29, 1.82) is 0 Å². The average molecular weight is 349 g/mol. The molecule has 3 aromatic rings. The molecular formula is C15H12FN3O2S2. The van der Waals surface area contributed by atoms with Gasteiger partial charge in [0.1, 0.15) is 21.7 Å². The zero-order valence-corrected chi connectivity index (χ0v) is 13.5. The van der Waals surface area contributed by atoms with Crippen LogP contribution in [0.1, 0.15) is 18.4 Å². The molecule has 0 radical (unpaired) electrons. The van der Waals surface area contributed by atoms with E-state index in [9.17, 15) is 12.8 Å². The predicted molar refractivity (Wildman–Crippen MR) is 85.0 cm³/mol. The molecule has 4 rings (SSSR count). The summed E-state index contributed by atoms with van der Waals surface area (Å²) < 4.78 is 49.6. The fraction of sp³-hybridized carbons (Fsp3) is 0.200. The molecule has 118 valence electrons. The highest BCUT2D eigenvalue weighted by Crippen LogP contribution is 2.46. The van der Waals surface area contributed by atoms with Gasteiger partial charge in [-0.05, 0) is 42.7 Å². The summed E-state index contributed by atoms with van der Waals surface area (Å²) in [5.41, 5.74) is 1.05. The maximum atomic E-state index is 13.1. The molecule has 8 heteroatoms. The highest BCUT2D eigenvalue weighted by molar-refractivity contribution is 7.89. The highest BCUT2D eigenvalue weighted by atomic mass is 32.2. The molecule has 1 fully saturated rings.